The Bertz CT molecular complexity index is 516. The number of hydrogen-bond acceptors (Lipinski definition) is 4. The van der Waals surface area contributed by atoms with E-state index in [1.54, 1.807) is 14.0 Å². The maximum Gasteiger partial charge on any atom is 0.339 e. The van der Waals surface area contributed by atoms with Crippen LogP contribution in [0.5, 0.6) is 0 Å². The van der Waals surface area contributed by atoms with Crippen molar-refractivity contribution in [2.24, 2.45) is 5.92 Å². The van der Waals surface area contributed by atoms with Crippen molar-refractivity contribution in [2.75, 3.05) is 25.1 Å². The third-order valence-corrected chi connectivity index (χ3v) is 4.05. The van der Waals surface area contributed by atoms with Gasteiger partial charge in [-0.25, -0.2) is 4.79 Å². The molecule has 1 aliphatic rings. The molecular formula is C15H22N2O3. The van der Waals surface area contributed by atoms with Gasteiger partial charge in [-0.3, -0.25) is 4.98 Å². The topological polar surface area (TPSA) is 62.7 Å². The zero-order chi connectivity index (χ0) is 14.9. The van der Waals surface area contributed by atoms with E-state index in [-0.39, 0.29) is 6.10 Å². The van der Waals surface area contributed by atoms with Gasteiger partial charge in [0.05, 0.1) is 17.5 Å². The van der Waals surface area contributed by atoms with E-state index in [1.807, 2.05) is 13.0 Å². The Morgan fingerprint density at radius 1 is 1.50 bits per heavy atom. The quantitative estimate of drug-likeness (QED) is 0.919. The van der Waals surface area contributed by atoms with Crippen LogP contribution in [0.3, 0.4) is 0 Å². The zero-order valence-electron chi connectivity index (χ0n) is 12.5. The van der Waals surface area contributed by atoms with Crippen molar-refractivity contribution in [3.05, 3.63) is 23.0 Å². The van der Waals surface area contributed by atoms with Crippen LogP contribution in [0.2, 0.25) is 0 Å². The molecule has 0 spiro atoms. The molecule has 0 saturated carbocycles. The number of carbonyl (C=O) groups is 1. The summed E-state index contributed by atoms with van der Waals surface area (Å²) in [5.74, 6) is -0.425. The number of methoxy groups -OCH3 is 1. The molecule has 0 radical (unpaired) electrons. The smallest absolute Gasteiger partial charge is 0.339 e. The molecular weight excluding hydrogens is 256 g/mol. The second-order valence-electron chi connectivity index (χ2n) is 5.53. The van der Waals surface area contributed by atoms with Gasteiger partial charge in [0.1, 0.15) is 5.56 Å². The Morgan fingerprint density at radius 3 is 2.80 bits per heavy atom. The summed E-state index contributed by atoms with van der Waals surface area (Å²) >= 11 is 0. The highest BCUT2D eigenvalue weighted by atomic mass is 16.5. The van der Waals surface area contributed by atoms with Gasteiger partial charge in [-0.05, 0) is 32.3 Å². The summed E-state index contributed by atoms with van der Waals surface area (Å²) in [6.07, 6.45) is 1.14. The van der Waals surface area contributed by atoms with Crippen molar-refractivity contribution >= 4 is 11.7 Å². The van der Waals surface area contributed by atoms with E-state index < -0.39 is 5.97 Å². The van der Waals surface area contributed by atoms with Gasteiger partial charge in [0.15, 0.2) is 0 Å². The van der Waals surface area contributed by atoms with Gasteiger partial charge >= 0.3 is 5.97 Å². The predicted molar refractivity (Wildman–Crippen MR) is 77.5 cm³/mol. The van der Waals surface area contributed by atoms with Gasteiger partial charge < -0.3 is 14.7 Å². The molecule has 2 unspecified atom stereocenters. The van der Waals surface area contributed by atoms with E-state index in [0.29, 0.717) is 17.2 Å². The Morgan fingerprint density at radius 2 is 2.20 bits per heavy atom. The van der Waals surface area contributed by atoms with Crippen molar-refractivity contribution in [2.45, 2.75) is 33.3 Å². The molecule has 2 heterocycles. The number of piperidine rings is 1. The van der Waals surface area contributed by atoms with E-state index in [9.17, 15) is 9.90 Å². The fourth-order valence-electron chi connectivity index (χ4n) is 2.88. The van der Waals surface area contributed by atoms with Crippen LogP contribution in [-0.4, -0.2) is 42.4 Å². The van der Waals surface area contributed by atoms with Gasteiger partial charge in [-0.2, -0.15) is 0 Å². The van der Waals surface area contributed by atoms with Crippen molar-refractivity contribution in [3.8, 4) is 0 Å². The van der Waals surface area contributed by atoms with Crippen LogP contribution in [0.1, 0.15) is 35.1 Å². The van der Waals surface area contributed by atoms with Crippen LogP contribution in [0.15, 0.2) is 6.07 Å². The molecule has 2 atom stereocenters. The summed E-state index contributed by atoms with van der Waals surface area (Å²) in [6.45, 7) is 7.39. The fraction of sp³-hybridized carbons (Fsp3) is 0.600. The Kier molecular flexibility index (Phi) is 4.28. The summed E-state index contributed by atoms with van der Waals surface area (Å²) in [7, 11) is 1.71. The average molecular weight is 278 g/mol. The number of aromatic carboxylic acids is 1. The summed E-state index contributed by atoms with van der Waals surface area (Å²) in [6, 6.07) is 1.86. The number of pyridine rings is 1. The van der Waals surface area contributed by atoms with Crippen LogP contribution < -0.4 is 4.90 Å². The number of nitrogens with zero attached hydrogens (tertiary/aromatic N) is 2. The molecule has 0 bridgehead atoms. The second-order valence-corrected chi connectivity index (χ2v) is 5.53. The highest BCUT2D eigenvalue weighted by Crippen LogP contribution is 2.29. The molecule has 0 aromatic carbocycles. The Labute approximate surface area is 119 Å². The first kappa shape index (κ1) is 14.8. The van der Waals surface area contributed by atoms with Crippen molar-refractivity contribution in [1.29, 1.82) is 0 Å². The number of hydrogen-bond donors (Lipinski definition) is 1. The summed E-state index contributed by atoms with van der Waals surface area (Å²) in [5, 5.41) is 9.45. The molecule has 1 aromatic rings. The molecule has 5 heteroatoms. The van der Waals surface area contributed by atoms with Crippen molar-refractivity contribution in [3.63, 3.8) is 0 Å². The molecule has 1 fully saturated rings. The zero-order valence-corrected chi connectivity index (χ0v) is 12.5. The highest BCUT2D eigenvalue weighted by molar-refractivity contribution is 5.95. The highest BCUT2D eigenvalue weighted by Gasteiger charge is 2.29. The van der Waals surface area contributed by atoms with Crippen LogP contribution in [-0.2, 0) is 4.74 Å². The van der Waals surface area contributed by atoms with Crippen molar-refractivity contribution in [1.82, 2.24) is 4.98 Å². The monoisotopic (exact) mass is 278 g/mol. The van der Waals surface area contributed by atoms with Gasteiger partial charge in [-0.15, -0.1) is 0 Å². The van der Waals surface area contributed by atoms with E-state index in [1.165, 1.54) is 0 Å². The molecule has 110 valence electrons. The average Bonchev–Trinajstić information content (AvgIpc) is 2.37. The summed E-state index contributed by atoms with van der Waals surface area (Å²) < 4.78 is 5.51. The molecule has 5 nitrogen and oxygen atoms in total. The minimum Gasteiger partial charge on any atom is -0.478 e. The normalized spacial score (nSPS) is 22.9. The molecule has 20 heavy (non-hydrogen) atoms. The Hall–Kier alpha value is -1.62. The first-order valence-corrected chi connectivity index (χ1v) is 6.93. The minimum atomic E-state index is -0.919. The lowest BCUT2D eigenvalue weighted by molar-refractivity contribution is 0.0496. The predicted octanol–water partition coefficient (Wildman–Crippen LogP) is 2.26. The number of ether oxygens (including phenoxy) is 1. The number of aromatic nitrogens is 1. The molecule has 1 N–H and O–H groups in total. The van der Waals surface area contributed by atoms with Crippen LogP contribution in [0, 0.1) is 19.8 Å². The third kappa shape index (κ3) is 2.77. The number of rotatable bonds is 3. The summed E-state index contributed by atoms with van der Waals surface area (Å²) in [4.78, 5) is 17.9. The van der Waals surface area contributed by atoms with E-state index in [2.05, 4.69) is 16.8 Å². The maximum atomic E-state index is 11.5. The number of carboxylic acid groups (broad SMARTS) is 1. The largest absolute Gasteiger partial charge is 0.478 e. The van der Waals surface area contributed by atoms with Gasteiger partial charge in [0.2, 0.25) is 0 Å². The number of carboxylic acids is 1. The lowest BCUT2D eigenvalue weighted by Gasteiger charge is -2.38. The van der Waals surface area contributed by atoms with Crippen LogP contribution in [0.25, 0.3) is 0 Å². The molecule has 0 amide bonds. The molecule has 1 aromatic heterocycles. The number of anilines is 1. The van der Waals surface area contributed by atoms with E-state index >= 15 is 0 Å². The molecule has 2 rings (SSSR count). The standard InChI is InChI=1S/C15H22N2O3/c1-9-5-6-17(8-13(9)20-4)12-7-10(2)16-11(3)14(12)15(18)19/h7,9,13H,5-6,8H2,1-4H3,(H,18,19). The minimum absolute atomic E-state index is 0.138. The lowest BCUT2D eigenvalue weighted by atomic mass is 9.94. The van der Waals surface area contributed by atoms with Gasteiger partial charge in [-0.1, -0.05) is 6.92 Å². The van der Waals surface area contributed by atoms with Crippen molar-refractivity contribution < 1.29 is 14.6 Å². The molecule has 1 aliphatic heterocycles. The number of aryl methyl sites for hydroxylation is 2. The maximum absolute atomic E-state index is 11.5. The summed E-state index contributed by atoms with van der Waals surface area (Å²) in [5.41, 5.74) is 2.48. The molecule has 1 saturated heterocycles. The second kappa shape index (κ2) is 5.79. The SMILES string of the molecule is COC1CN(c2cc(C)nc(C)c2C(=O)O)CCC1C. The lowest BCUT2D eigenvalue weighted by Crippen LogP contribution is -2.44. The van der Waals surface area contributed by atoms with E-state index in [0.717, 1.165) is 30.9 Å². The first-order chi connectivity index (χ1) is 9.43. The van der Waals surface area contributed by atoms with Gasteiger partial charge in [0.25, 0.3) is 0 Å². The Balaban J connectivity index is 2.39. The van der Waals surface area contributed by atoms with E-state index in [4.69, 9.17) is 4.74 Å². The van der Waals surface area contributed by atoms with Crippen LogP contribution >= 0.6 is 0 Å². The first-order valence-electron chi connectivity index (χ1n) is 6.93. The third-order valence-electron chi connectivity index (χ3n) is 4.05. The molecule has 0 aliphatic carbocycles. The van der Waals surface area contributed by atoms with Crippen LogP contribution in [0.4, 0.5) is 5.69 Å². The van der Waals surface area contributed by atoms with Gasteiger partial charge in [0, 0.05) is 25.9 Å². The fourth-order valence-corrected chi connectivity index (χ4v) is 2.88.